The molecule has 2 aromatic carbocycles. The van der Waals surface area contributed by atoms with Crippen molar-refractivity contribution in [3.63, 3.8) is 0 Å². The number of benzene rings is 2. The second-order valence-corrected chi connectivity index (χ2v) is 8.69. The van der Waals surface area contributed by atoms with Crippen LogP contribution >= 0.6 is 23.1 Å². The number of rotatable bonds is 11. The summed E-state index contributed by atoms with van der Waals surface area (Å²) >= 11 is 3.38. The summed E-state index contributed by atoms with van der Waals surface area (Å²) in [6.45, 7) is 2.41. The number of para-hydroxylation sites is 1. The molecule has 30 heavy (non-hydrogen) atoms. The van der Waals surface area contributed by atoms with Gasteiger partial charge in [0, 0.05) is 17.2 Å². The lowest BCUT2D eigenvalue weighted by Crippen LogP contribution is -2.15. The van der Waals surface area contributed by atoms with Gasteiger partial charge in [-0.2, -0.15) is 4.68 Å². The van der Waals surface area contributed by atoms with Crippen LogP contribution in [0.3, 0.4) is 0 Å². The molecule has 0 fully saturated rings. The van der Waals surface area contributed by atoms with Crippen LogP contribution in [-0.2, 0) is 13.2 Å². The van der Waals surface area contributed by atoms with E-state index in [-0.39, 0.29) is 0 Å². The first-order chi connectivity index (χ1) is 14.9. The summed E-state index contributed by atoms with van der Waals surface area (Å²) in [7, 11) is 0. The fraction of sp³-hybridized carbons (Fsp3) is 0.227. The Morgan fingerprint density at radius 2 is 1.87 bits per heavy atom. The van der Waals surface area contributed by atoms with Crippen molar-refractivity contribution >= 4 is 23.1 Å². The number of hydrogen-bond acceptors (Lipinski definition) is 7. The number of tetrazole rings is 1. The monoisotopic (exact) mass is 437 g/mol. The van der Waals surface area contributed by atoms with Crippen LogP contribution in [0, 0.1) is 0 Å². The van der Waals surface area contributed by atoms with Crippen molar-refractivity contribution < 1.29 is 4.74 Å². The van der Waals surface area contributed by atoms with Crippen molar-refractivity contribution in [3.8, 4) is 11.4 Å². The largest absolute Gasteiger partial charge is 0.488 e. The zero-order valence-corrected chi connectivity index (χ0v) is 18.1. The average molecular weight is 438 g/mol. The molecule has 0 spiro atoms. The van der Waals surface area contributed by atoms with Crippen molar-refractivity contribution in [2.24, 2.45) is 0 Å². The van der Waals surface area contributed by atoms with Gasteiger partial charge in [0.05, 0.1) is 5.69 Å². The molecule has 0 atom stereocenters. The highest BCUT2D eigenvalue weighted by molar-refractivity contribution is 7.99. The number of aromatic nitrogens is 4. The molecule has 4 rings (SSSR count). The van der Waals surface area contributed by atoms with E-state index in [0.29, 0.717) is 6.61 Å². The molecule has 4 aromatic rings. The Labute approximate surface area is 184 Å². The first-order valence-electron chi connectivity index (χ1n) is 9.80. The smallest absolute Gasteiger partial charge is 0.214 e. The number of thioether (sulfide) groups is 1. The second kappa shape index (κ2) is 10.9. The molecule has 0 bridgehead atoms. The normalized spacial score (nSPS) is 10.9. The predicted octanol–water partition coefficient (Wildman–Crippen LogP) is 4.57. The van der Waals surface area contributed by atoms with E-state index in [1.54, 1.807) is 27.8 Å². The molecule has 2 aromatic heterocycles. The van der Waals surface area contributed by atoms with Crippen LogP contribution in [0.5, 0.6) is 5.75 Å². The third-order valence-corrected chi connectivity index (χ3v) is 6.24. The molecule has 0 saturated heterocycles. The van der Waals surface area contributed by atoms with E-state index in [9.17, 15) is 0 Å². The van der Waals surface area contributed by atoms with Crippen LogP contribution in [0.4, 0.5) is 0 Å². The molecular formula is C22H23N5OS2. The minimum absolute atomic E-state index is 0.625. The standard InChI is InChI=1S/C22H23N5OS2/c1-2-6-19(7-3-1)27-22(24-25-26-27)30-15-5-13-23-16-18-9-11-20(12-10-18)28-17-21-8-4-14-29-21/h1-4,6-12,14,23H,5,13,15-17H2. The van der Waals surface area contributed by atoms with Crippen LogP contribution in [0.15, 0.2) is 77.3 Å². The number of nitrogens with one attached hydrogen (secondary N) is 1. The molecule has 1 N–H and O–H groups in total. The quantitative estimate of drug-likeness (QED) is 0.274. The van der Waals surface area contributed by atoms with Gasteiger partial charge in [0.2, 0.25) is 5.16 Å². The maximum Gasteiger partial charge on any atom is 0.214 e. The maximum absolute atomic E-state index is 5.81. The molecule has 0 unspecified atom stereocenters. The summed E-state index contributed by atoms with van der Waals surface area (Å²) in [5, 5.41) is 18.4. The topological polar surface area (TPSA) is 64.9 Å². The lowest BCUT2D eigenvalue weighted by molar-refractivity contribution is 0.309. The number of nitrogens with zero attached hydrogens (tertiary/aromatic N) is 4. The Morgan fingerprint density at radius 3 is 2.67 bits per heavy atom. The highest BCUT2D eigenvalue weighted by atomic mass is 32.2. The second-order valence-electron chi connectivity index (χ2n) is 6.60. The van der Waals surface area contributed by atoms with Gasteiger partial charge in [-0.1, -0.05) is 48.2 Å². The number of thiophene rings is 1. The van der Waals surface area contributed by atoms with Gasteiger partial charge in [0.1, 0.15) is 12.4 Å². The molecular weight excluding hydrogens is 414 g/mol. The molecule has 0 amide bonds. The predicted molar refractivity (Wildman–Crippen MR) is 121 cm³/mol. The van der Waals surface area contributed by atoms with Gasteiger partial charge < -0.3 is 10.1 Å². The van der Waals surface area contributed by atoms with Crippen molar-refractivity contribution in [3.05, 3.63) is 82.6 Å². The summed E-state index contributed by atoms with van der Waals surface area (Å²) in [5.74, 6) is 1.86. The van der Waals surface area contributed by atoms with E-state index < -0.39 is 0 Å². The van der Waals surface area contributed by atoms with Gasteiger partial charge >= 0.3 is 0 Å². The van der Waals surface area contributed by atoms with Gasteiger partial charge in [-0.15, -0.1) is 16.4 Å². The lowest BCUT2D eigenvalue weighted by Gasteiger charge is -2.08. The molecule has 2 heterocycles. The van der Waals surface area contributed by atoms with Gasteiger partial charge in [0.25, 0.3) is 0 Å². The molecule has 0 aliphatic heterocycles. The fourth-order valence-electron chi connectivity index (χ4n) is 2.85. The lowest BCUT2D eigenvalue weighted by atomic mass is 10.2. The first-order valence-corrected chi connectivity index (χ1v) is 11.7. The van der Waals surface area contributed by atoms with E-state index in [2.05, 4.69) is 44.4 Å². The van der Waals surface area contributed by atoms with E-state index >= 15 is 0 Å². The van der Waals surface area contributed by atoms with Gasteiger partial charge in [0.15, 0.2) is 0 Å². The fourth-order valence-corrected chi connectivity index (χ4v) is 4.29. The van der Waals surface area contributed by atoms with Crippen LogP contribution in [0.2, 0.25) is 0 Å². The number of ether oxygens (including phenoxy) is 1. The Hall–Kier alpha value is -2.68. The zero-order valence-electron chi connectivity index (χ0n) is 16.5. The van der Waals surface area contributed by atoms with Crippen LogP contribution in [0.1, 0.15) is 16.9 Å². The Kier molecular flexibility index (Phi) is 7.49. The third-order valence-electron chi connectivity index (χ3n) is 4.38. The Morgan fingerprint density at radius 1 is 1.00 bits per heavy atom. The summed E-state index contributed by atoms with van der Waals surface area (Å²) in [6.07, 6.45) is 1.04. The van der Waals surface area contributed by atoms with Crippen molar-refractivity contribution in [2.75, 3.05) is 12.3 Å². The Balaban J connectivity index is 1.14. The van der Waals surface area contributed by atoms with E-state index in [0.717, 1.165) is 41.9 Å². The molecule has 8 heteroatoms. The van der Waals surface area contributed by atoms with Crippen LogP contribution in [-0.4, -0.2) is 32.5 Å². The minimum atomic E-state index is 0.625. The van der Waals surface area contributed by atoms with Gasteiger partial charge in [-0.25, -0.2) is 0 Å². The van der Waals surface area contributed by atoms with E-state index in [4.69, 9.17) is 4.74 Å². The highest BCUT2D eigenvalue weighted by Crippen LogP contribution is 2.19. The summed E-state index contributed by atoms with van der Waals surface area (Å²) in [6, 6.07) is 22.4. The van der Waals surface area contributed by atoms with Gasteiger partial charge in [-0.05, 0) is 64.7 Å². The molecule has 154 valence electrons. The van der Waals surface area contributed by atoms with Crippen molar-refractivity contribution in [1.29, 1.82) is 0 Å². The average Bonchev–Trinajstić information content (AvgIpc) is 3.48. The van der Waals surface area contributed by atoms with Gasteiger partial charge in [-0.3, -0.25) is 0 Å². The summed E-state index contributed by atoms with van der Waals surface area (Å²) < 4.78 is 7.59. The van der Waals surface area contributed by atoms with Crippen LogP contribution < -0.4 is 10.1 Å². The Bertz CT molecular complexity index is 1000. The molecule has 6 nitrogen and oxygen atoms in total. The molecule has 0 aliphatic rings. The highest BCUT2D eigenvalue weighted by Gasteiger charge is 2.08. The van der Waals surface area contributed by atoms with Crippen LogP contribution in [0.25, 0.3) is 5.69 Å². The SMILES string of the molecule is c1ccc(-n2nnnc2SCCCNCc2ccc(OCc3cccs3)cc2)cc1. The zero-order chi connectivity index (χ0) is 20.4. The molecule has 0 saturated carbocycles. The van der Waals surface area contributed by atoms with Crippen molar-refractivity contribution in [2.45, 2.75) is 24.7 Å². The van der Waals surface area contributed by atoms with Crippen molar-refractivity contribution in [1.82, 2.24) is 25.5 Å². The molecule has 0 aliphatic carbocycles. The minimum Gasteiger partial charge on any atom is -0.488 e. The maximum atomic E-state index is 5.81. The summed E-state index contributed by atoms with van der Waals surface area (Å²) in [4.78, 5) is 1.23. The first kappa shape index (κ1) is 20.6. The van der Waals surface area contributed by atoms with E-state index in [1.807, 2.05) is 48.5 Å². The summed E-state index contributed by atoms with van der Waals surface area (Å²) in [5.41, 5.74) is 2.23. The number of hydrogen-bond donors (Lipinski definition) is 1. The van der Waals surface area contributed by atoms with E-state index in [1.165, 1.54) is 10.4 Å². The molecule has 0 radical (unpaired) electrons. The third kappa shape index (κ3) is 5.91.